The third kappa shape index (κ3) is 2.32. The maximum Gasteiger partial charge on any atom is 0.246 e. The van der Waals surface area contributed by atoms with Crippen LogP contribution in [0, 0.1) is 6.92 Å². The summed E-state index contributed by atoms with van der Waals surface area (Å²) in [6.45, 7) is 3.59. The lowest BCUT2D eigenvalue weighted by Crippen LogP contribution is -2.30. The van der Waals surface area contributed by atoms with E-state index in [9.17, 15) is 4.79 Å². The predicted octanol–water partition coefficient (Wildman–Crippen LogP) is 2.35. The maximum absolute atomic E-state index is 11.9. The molecule has 15 heavy (non-hydrogen) atoms. The highest BCUT2D eigenvalue weighted by Gasteiger charge is 2.27. The normalized spacial score (nSPS) is 18.1. The quantitative estimate of drug-likeness (QED) is 0.749. The van der Waals surface area contributed by atoms with E-state index in [0.29, 0.717) is 5.69 Å². The summed E-state index contributed by atoms with van der Waals surface area (Å²) >= 11 is 7.63. The Morgan fingerprint density at radius 1 is 1.60 bits per heavy atom. The van der Waals surface area contributed by atoms with E-state index >= 15 is 0 Å². The van der Waals surface area contributed by atoms with Crippen LogP contribution in [-0.2, 0) is 4.79 Å². The predicted molar refractivity (Wildman–Crippen MR) is 61.3 cm³/mol. The van der Waals surface area contributed by atoms with Crippen molar-refractivity contribution in [2.75, 3.05) is 13.1 Å². The van der Waals surface area contributed by atoms with Gasteiger partial charge >= 0.3 is 0 Å². The molecule has 0 bridgehead atoms. The molecule has 5 heteroatoms. The molecule has 1 fully saturated rings. The van der Waals surface area contributed by atoms with Crippen LogP contribution in [0.5, 0.6) is 0 Å². The van der Waals surface area contributed by atoms with E-state index in [1.807, 2.05) is 17.2 Å². The van der Waals surface area contributed by atoms with Crippen molar-refractivity contribution in [3.8, 4) is 0 Å². The van der Waals surface area contributed by atoms with Gasteiger partial charge in [0.25, 0.3) is 0 Å². The Balaban J connectivity index is 2.06. The van der Waals surface area contributed by atoms with Crippen LogP contribution in [0.2, 0.25) is 0 Å². The molecule has 3 nitrogen and oxygen atoms in total. The van der Waals surface area contributed by atoms with Gasteiger partial charge in [0.1, 0.15) is 0 Å². The SMILES string of the molecule is Cc1nc(C(Cl)C(=O)N2CCCC2)cs1. The summed E-state index contributed by atoms with van der Waals surface area (Å²) in [5, 5.41) is 2.21. The van der Waals surface area contributed by atoms with Gasteiger partial charge in [0.15, 0.2) is 5.38 Å². The Morgan fingerprint density at radius 2 is 2.27 bits per heavy atom. The molecule has 1 saturated heterocycles. The Morgan fingerprint density at radius 3 is 2.80 bits per heavy atom. The van der Waals surface area contributed by atoms with Gasteiger partial charge in [-0.1, -0.05) is 0 Å². The Labute approximate surface area is 98.1 Å². The number of carbonyl (C=O) groups is 1. The summed E-state index contributed by atoms with van der Waals surface area (Å²) in [4.78, 5) is 18.0. The molecule has 0 aliphatic carbocycles. The number of hydrogen-bond acceptors (Lipinski definition) is 3. The number of carbonyl (C=O) groups excluding carboxylic acids is 1. The topological polar surface area (TPSA) is 33.2 Å². The summed E-state index contributed by atoms with van der Waals surface area (Å²) in [7, 11) is 0. The second kappa shape index (κ2) is 4.49. The number of thiazole rings is 1. The zero-order valence-corrected chi connectivity index (χ0v) is 10.1. The lowest BCUT2D eigenvalue weighted by atomic mass is 10.3. The molecular formula is C10H13ClN2OS. The van der Waals surface area contributed by atoms with Gasteiger partial charge in [-0.2, -0.15) is 0 Å². The van der Waals surface area contributed by atoms with Gasteiger partial charge in [-0.05, 0) is 19.8 Å². The van der Waals surface area contributed by atoms with E-state index in [1.165, 1.54) is 11.3 Å². The molecule has 1 aromatic heterocycles. The first-order valence-corrected chi connectivity index (χ1v) is 6.35. The van der Waals surface area contributed by atoms with Crippen molar-refractivity contribution in [2.24, 2.45) is 0 Å². The van der Waals surface area contributed by atoms with Gasteiger partial charge in [0.2, 0.25) is 5.91 Å². The van der Waals surface area contributed by atoms with Crippen molar-refractivity contribution in [3.63, 3.8) is 0 Å². The number of rotatable bonds is 2. The average molecular weight is 245 g/mol. The van der Waals surface area contributed by atoms with Crippen molar-refractivity contribution in [3.05, 3.63) is 16.1 Å². The fourth-order valence-corrected chi connectivity index (χ4v) is 2.68. The molecule has 0 saturated carbocycles. The molecule has 1 aromatic rings. The maximum atomic E-state index is 11.9. The van der Waals surface area contributed by atoms with Crippen LogP contribution in [-0.4, -0.2) is 28.9 Å². The third-order valence-corrected chi connectivity index (χ3v) is 3.73. The van der Waals surface area contributed by atoms with Crippen LogP contribution in [0.1, 0.15) is 28.9 Å². The molecule has 1 aliphatic heterocycles. The standard InChI is InChI=1S/C10H13ClN2OS/c1-7-12-8(6-15-7)9(11)10(14)13-4-2-3-5-13/h6,9H,2-5H2,1H3. The van der Waals surface area contributed by atoms with E-state index in [1.54, 1.807) is 0 Å². The smallest absolute Gasteiger partial charge is 0.246 e. The zero-order chi connectivity index (χ0) is 10.8. The lowest BCUT2D eigenvalue weighted by Gasteiger charge is -2.17. The van der Waals surface area contributed by atoms with Gasteiger partial charge in [-0.3, -0.25) is 4.79 Å². The molecule has 2 rings (SSSR count). The lowest BCUT2D eigenvalue weighted by molar-refractivity contribution is -0.129. The first kappa shape index (κ1) is 10.9. The molecule has 1 unspecified atom stereocenters. The van der Waals surface area contributed by atoms with E-state index in [2.05, 4.69) is 4.98 Å². The first-order chi connectivity index (χ1) is 7.18. The molecule has 1 amide bonds. The minimum Gasteiger partial charge on any atom is -0.341 e. The van der Waals surface area contributed by atoms with Crippen molar-refractivity contribution >= 4 is 28.8 Å². The number of nitrogens with zero attached hydrogens (tertiary/aromatic N) is 2. The average Bonchev–Trinajstić information content (AvgIpc) is 2.85. The number of alkyl halides is 1. The highest BCUT2D eigenvalue weighted by molar-refractivity contribution is 7.09. The second-order valence-corrected chi connectivity index (χ2v) is 5.19. The Bertz CT molecular complexity index is 360. The second-order valence-electron chi connectivity index (χ2n) is 3.69. The number of aromatic nitrogens is 1. The van der Waals surface area contributed by atoms with E-state index in [4.69, 9.17) is 11.6 Å². The highest BCUT2D eigenvalue weighted by Crippen LogP contribution is 2.25. The first-order valence-electron chi connectivity index (χ1n) is 5.03. The molecule has 0 radical (unpaired) electrons. The summed E-state index contributed by atoms with van der Waals surface area (Å²) in [5.41, 5.74) is 0.691. The van der Waals surface area contributed by atoms with Crippen LogP contribution in [0.25, 0.3) is 0 Å². The van der Waals surface area contributed by atoms with E-state index in [-0.39, 0.29) is 5.91 Å². The minimum absolute atomic E-state index is 0.000494. The van der Waals surface area contributed by atoms with E-state index < -0.39 is 5.38 Å². The van der Waals surface area contributed by atoms with Crippen LogP contribution in [0.4, 0.5) is 0 Å². The molecular weight excluding hydrogens is 232 g/mol. The van der Waals surface area contributed by atoms with Crippen LogP contribution in [0.3, 0.4) is 0 Å². The number of hydrogen-bond donors (Lipinski definition) is 0. The van der Waals surface area contributed by atoms with Gasteiger partial charge in [0.05, 0.1) is 10.7 Å². The molecule has 0 spiro atoms. The summed E-state index contributed by atoms with van der Waals surface area (Å²) in [6, 6.07) is 0. The molecule has 2 heterocycles. The summed E-state index contributed by atoms with van der Waals surface area (Å²) in [5.74, 6) is -0.000494. The molecule has 0 N–H and O–H groups in total. The zero-order valence-electron chi connectivity index (χ0n) is 8.57. The van der Waals surface area contributed by atoms with Crippen molar-refractivity contribution in [1.29, 1.82) is 0 Å². The van der Waals surface area contributed by atoms with Crippen LogP contribution < -0.4 is 0 Å². The van der Waals surface area contributed by atoms with Crippen LogP contribution in [0.15, 0.2) is 5.38 Å². The number of aryl methyl sites for hydroxylation is 1. The Kier molecular flexibility index (Phi) is 3.26. The monoisotopic (exact) mass is 244 g/mol. The van der Waals surface area contributed by atoms with Gasteiger partial charge in [-0.25, -0.2) is 4.98 Å². The minimum atomic E-state index is -0.604. The van der Waals surface area contributed by atoms with Crippen molar-refractivity contribution < 1.29 is 4.79 Å². The summed E-state index contributed by atoms with van der Waals surface area (Å²) in [6.07, 6.45) is 2.18. The molecule has 1 aliphatic rings. The number of amides is 1. The van der Waals surface area contributed by atoms with Crippen molar-refractivity contribution in [1.82, 2.24) is 9.88 Å². The number of halogens is 1. The fraction of sp³-hybridized carbons (Fsp3) is 0.600. The highest BCUT2D eigenvalue weighted by atomic mass is 35.5. The van der Waals surface area contributed by atoms with Gasteiger partial charge < -0.3 is 4.90 Å². The number of likely N-dealkylation sites (tertiary alicyclic amines) is 1. The molecule has 0 aromatic carbocycles. The summed E-state index contributed by atoms with van der Waals surface area (Å²) < 4.78 is 0. The van der Waals surface area contributed by atoms with E-state index in [0.717, 1.165) is 30.9 Å². The third-order valence-electron chi connectivity index (χ3n) is 2.53. The van der Waals surface area contributed by atoms with Gasteiger partial charge in [0, 0.05) is 18.5 Å². The molecule has 82 valence electrons. The van der Waals surface area contributed by atoms with Gasteiger partial charge in [-0.15, -0.1) is 22.9 Å². The van der Waals surface area contributed by atoms with Crippen LogP contribution >= 0.6 is 22.9 Å². The largest absolute Gasteiger partial charge is 0.341 e. The van der Waals surface area contributed by atoms with Crippen molar-refractivity contribution in [2.45, 2.75) is 25.1 Å². The fourth-order valence-electron chi connectivity index (χ4n) is 1.72. The molecule has 1 atom stereocenters. The Hall–Kier alpha value is -0.610.